The molecule has 1 fully saturated rings. The Morgan fingerprint density at radius 3 is 2.61 bits per heavy atom. The van der Waals surface area contributed by atoms with E-state index in [1.54, 1.807) is 11.8 Å². The highest BCUT2D eigenvalue weighted by Gasteiger charge is 2.44. The van der Waals surface area contributed by atoms with Gasteiger partial charge in [0.15, 0.2) is 11.5 Å². The molecule has 1 aliphatic rings. The summed E-state index contributed by atoms with van der Waals surface area (Å²) >= 11 is 3.18. The van der Waals surface area contributed by atoms with Gasteiger partial charge in [-0.15, -0.1) is 0 Å². The van der Waals surface area contributed by atoms with Crippen molar-refractivity contribution in [3.63, 3.8) is 0 Å². The zero-order valence-corrected chi connectivity index (χ0v) is 14.4. The molecule has 1 aliphatic heterocycles. The first-order chi connectivity index (χ1) is 10.9. The Hall–Kier alpha value is -0.960. The highest BCUT2D eigenvalue weighted by Crippen LogP contribution is 2.43. The Morgan fingerprint density at radius 1 is 1.39 bits per heavy atom. The number of ether oxygens (including phenoxy) is 1. The zero-order chi connectivity index (χ0) is 17.0. The van der Waals surface area contributed by atoms with Gasteiger partial charge in [-0.25, -0.2) is 8.78 Å². The molecule has 1 atom stereocenters. The number of phenols is 1. The van der Waals surface area contributed by atoms with Crippen molar-refractivity contribution in [3.8, 4) is 11.5 Å². The molecule has 1 saturated heterocycles. The van der Waals surface area contributed by atoms with E-state index in [2.05, 4.69) is 21.2 Å². The van der Waals surface area contributed by atoms with Crippen molar-refractivity contribution in [2.45, 2.75) is 18.9 Å². The van der Waals surface area contributed by atoms with Crippen LogP contribution in [0.2, 0.25) is 0 Å². The maximum absolute atomic E-state index is 14.4. The molecule has 0 bridgehead atoms. The van der Waals surface area contributed by atoms with E-state index in [4.69, 9.17) is 9.84 Å². The summed E-state index contributed by atoms with van der Waals surface area (Å²) in [5.41, 5.74) is 0.291. The number of benzene rings is 1. The van der Waals surface area contributed by atoms with Gasteiger partial charge in [0.1, 0.15) is 12.6 Å². The lowest BCUT2D eigenvalue weighted by atomic mass is 9.97. The number of alkyl halides is 2. The molecule has 0 saturated carbocycles. The molecular formula is C15H21BrF2N2O3. The highest BCUT2D eigenvalue weighted by atomic mass is 79.9. The van der Waals surface area contributed by atoms with Gasteiger partial charge in [-0.05, 0) is 40.5 Å². The van der Waals surface area contributed by atoms with Gasteiger partial charge in [0.2, 0.25) is 0 Å². The number of nitrogens with zero attached hydrogens (tertiary/aromatic N) is 1. The lowest BCUT2D eigenvalue weighted by molar-refractivity contribution is -0.118. The van der Waals surface area contributed by atoms with E-state index >= 15 is 0 Å². The largest absolute Gasteiger partial charge is 0.503 e. The SMILES string of the molecule is CCOc1cc([C@@H](N2CCNCC2)C(F)(F)CO)cc(Br)c1O. The molecule has 0 radical (unpaired) electrons. The number of hydrogen-bond donors (Lipinski definition) is 3. The van der Waals surface area contributed by atoms with Gasteiger partial charge >= 0.3 is 0 Å². The number of aliphatic hydroxyl groups is 1. The summed E-state index contributed by atoms with van der Waals surface area (Å²) in [6.45, 7) is 2.91. The van der Waals surface area contributed by atoms with Crippen LogP contribution in [0.1, 0.15) is 18.5 Å². The van der Waals surface area contributed by atoms with Crippen molar-refractivity contribution in [1.29, 1.82) is 0 Å². The number of aliphatic hydroxyl groups excluding tert-OH is 1. The van der Waals surface area contributed by atoms with Crippen LogP contribution in [0.15, 0.2) is 16.6 Å². The van der Waals surface area contributed by atoms with Gasteiger partial charge in [-0.2, -0.15) is 0 Å². The Bertz CT molecular complexity index is 540. The number of aromatic hydroxyl groups is 1. The van der Waals surface area contributed by atoms with Gasteiger partial charge in [0.05, 0.1) is 11.1 Å². The quantitative estimate of drug-likeness (QED) is 0.689. The van der Waals surface area contributed by atoms with E-state index in [0.717, 1.165) is 0 Å². The molecule has 1 aromatic rings. The maximum atomic E-state index is 14.4. The highest BCUT2D eigenvalue weighted by molar-refractivity contribution is 9.10. The van der Waals surface area contributed by atoms with Crippen molar-refractivity contribution in [1.82, 2.24) is 10.2 Å². The number of piperazine rings is 1. The van der Waals surface area contributed by atoms with Crippen LogP contribution in [0, 0.1) is 0 Å². The summed E-state index contributed by atoms with van der Waals surface area (Å²) in [7, 11) is 0. The Kier molecular flexibility index (Phi) is 6.19. The second kappa shape index (κ2) is 7.74. The molecule has 1 aromatic carbocycles. The molecule has 0 unspecified atom stereocenters. The minimum absolute atomic E-state index is 0.123. The molecule has 23 heavy (non-hydrogen) atoms. The fourth-order valence-corrected chi connectivity index (χ4v) is 3.23. The van der Waals surface area contributed by atoms with Crippen LogP contribution in [-0.2, 0) is 0 Å². The third kappa shape index (κ3) is 4.12. The summed E-state index contributed by atoms with van der Waals surface area (Å²) in [5, 5.41) is 22.3. The molecule has 1 heterocycles. The van der Waals surface area contributed by atoms with E-state index < -0.39 is 18.6 Å². The molecule has 8 heteroatoms. The van der Waals surface area contributed by atoms with Crippen LogP contribution in [0.25, 0.3) is 0 Å². The Morgan fingerprint density at radius 2 is 2.04 bits per heavy atom. The van der Waals surface area contributed by atoms with E-state index in [-0.39, 0.29) is 16.0 Å². The lowest BCUT2D eigenvalue weighted by Crippen LogP contribution is -2.51. The first-order valence-electron chi connectivity index (χ1n) is 7.49. The second-order valence-corrected chi connectivity index (χ2v) is 6.24. The maximum Gasteiger partial charge on any atom is 0.289 e. The molecule has 2 rings (SSSR count). The minimum atomic E-state index is -3.31. The molecular weight excluding hydrogens is 374 g/mol. The smallest absolute Gasteiger partial charge is 0.289 e. The first kappa shape index (κ1) is 18.4. The normalized spacial score (nSPS) is 18.0. The summed E-state index contributed by atoms with van der Waals surface area (Å²) in [5.74, 6) is -3.29. The number of phenolic OH excluding ortho intramolecular Hbond substituents is 1. The number of hydrogen-bond acceptors (Lipinski definition) is 5. The van der Waals surface area contributed by atoms with Crippen molar-refractivity contribution >= 4 is 15.9 Å². The molecule has 0 amide bonds. The average Bonchev–Trinajstić information content (AvgIpc) is 2.53. The van der Waals surface area contributed by atoms with Crippen molar-refractivity contribution < 1.29 is 23.7 Å². The molecule has 130 valence electrons. The monoisotopic (exact) mass is 394 g/mol. The summed E-state index contributed by atoms with van der Waals surface area (Å²) in [4.78, 5) is 1.64. The van der Waals surface area contributed by atoms with Crippen LogP contribution in [0.3, 0.4) is 0 Å². The van der Waals surface area contributed by atoms with E-state index in [9.17, 15) is 13.9 Å². The third-order valence-electron chi connectivity index (χ3n) is 3.79. The van der Waals surface area contributed by atoms with Gasteiger partial charge in [0, 0.05) is 26.2 Å². The number of nitrogens with one attached hydrogen (secondary N) is 1. The minimum Gasteiger partial charge on any atom is -0.503 e. The molecule has 0 aliphatic carbocycles. The van der Waals surface area contributed by atoms with Gasteiger partial charge < -0.3 is 20.3 Å². The fraction of sp³-hybridized carbons (Fsp3) is 0.600. The molecule has 5 nitrogen and oxygen atoms in total. The predicted molar refractivity (Wildman–Crippen MR) is 86.2 cm³/mol. The van der Waals surface area contributed by atoms with Crippen molar-refractivity contribution in [2.24, 2.45) is 0 Å². The average molecular weight is 395 g/mol. The van der Waals surface area contributed by atoms with Gasteiger partial charge in [-0.1, -0.05) is 0 Å². The van der Waals surface area contributed by atoms with Gasteiger partial charge in [0.25, 0.3) is 5.92 Å². The molecule has 3 N–H and O–H groups in total. The van der Waals surface area contributed by atoms with E-state index in [1.165, 1.54) is 12.1 Å². The first-order valence-corrected chi connectivity index (χ1v) is 8.28. The van der Waals surface area contributed by atoms with Crippen LogP contribution >= 0.6 is 15.9 Å². The van der Waals surface area contributed by atoms with Crippen LogP contribution < -0.4 is 10.1 Å². The van der Waals surface area contributed by atoms with Crippen LogP contribution in [0.5, 0.6) is 11.5 Å². The topological polar surface area (TPSA) is 65.0 Å². The van der Waals surface area contributed by atoms with Crippen LogP contribution in [0.4, 0.5) is 8.78 Å². The summed E-state index contributed by atoms with van der Waals surface area (Å²) < 4.78 is 34.4. The zero-order valence-electron chi connectivity index (χ0n) is 12.9. The summed E-state index contributed by atoms with van der Waals surface area (Å²) in [6.07, 6.45) is 0. The lowest BCUT2D eigenvalue weighted by Gasteiger charge is -2.39. The van der Waals surface area contributed by atoms with Crippen LogP contribution in [-0.4, -0.2) is 60.4 Å². The van der Waals surface area contributed by atoms with Crippen molar-refractivity contribution in [3.05, 3.63) is 22.2 Å². The number of rotatable bonds is 6. The molecule has 0 aromatic heterocycles. The van der Waals surface area contributed by atoms with E-state index in [1.807, 2.05) is 0 Å². The number of halogens is 3. The summed E-state index contributed by atoms with van der Waals surface area (Å²) in [6, 6.07) is 1.58. The predicted octanol–water partition coefficient (Wildman–Crippen LogP) is 2.13. The Labute approximate surface area is 142 Å². The fourth-order valence-electron chi connectivity index (χ4n) is 2.77. The van der Waals surface area contributed by atoms with Crippen molar-refractivity contribution in [2.75, 3.05) is 39.4 Å². The Balaban J connectivity index is 2.46. The molecule has 0 spiro atoms. The van der Waals surface area contributed by atoms with Gasteiger partial charge in [-0.3, -0.25) is 4.90 Å². The van der Waals surface area contributed by atoms with E-state index in [0.29, 0.717) is 38.3 Å². The second-order valence-electron chi connectivity index (χ2n) is 5.39. The third-order valence-corrected chi connectivity index (χ3v) is 4.40. The standard InChI is InChI=1S/C15H21BrF2N2O3/c1-2-23-12-8-10(7-11(16)13(12)22)14(15(17,18)9-21)20-5-3-19-4-6-20/h7-8,14,19,21-22H,2-6,9H2,1H3/t14-/m1/s1.